The lowest BCUT2D eigenvalue weighted by Gasteiger charge is -2.34. The largest absolute Gasteiger partial charge is 0.458 e. The SMILES string of the molecule is O=C(OC[C@H]1OC(=O)[C@@H](OC(=O)c2ccccc2)C[C@@H]1OC(=O)c1ccccc1)c1ccccc1. The molecule has 0 N–H and O–H groups in total. The summed E-state index contributed by atoms with van der Waals surface area (Å²) in [5.74, 6) is -2.80. The van der Waals surface area contributed by atoms with Crippen LogP contribution in [-0.2, 0) is 23.7 Å². The van der Waals surface area contributed by atoms with E-state index >= 15 is 0 Å². The average Bonchev–Trinajstić information content (AvgIpc) is 2.90. The van der Waals surface area contributed by atoms with Crippen LogP contribution in [0.3, 0.4) is 0 Å². The van der Waals surface area contributed by atoms with E-state index in [-0.39, 0.29) is 18.6 Å². The van der Waals surface area contributed by atoms with Crippen LogP contribution in [0.15, 0.2) is 91.0 Å². The summed E-state index contributed by atoms with van der Waals surface area (Å²) >= 11 is 0. The van der Waals surface area contributed by atoms with Crippen molar-refractivity contribution in [1.29, 1.82) is 0 Å². The molecule has 0 spiro atoms. The van der Waals surface area contributed by atoms with E-state index in [2.05, 4.69) is 0 Å². The molecule has 1 fully saturated rings. The first kappa shape index (κ1) is 23.7. The number of benzene rings is 3. The fraction of sp³-hybridized carbons (Fsp3) is 0.185. The fourth-order valence-electron chi connectivity index (χ4n) is 3.49. The molecule has 178 valence electrons. The maximum absolute atomic E-state index is 12.7. The Hall–Kier alpha value is -4.46. The van der Waals surface area contributed by atoms with Gasteiger partial charge in [0.05, 0.1) is 16.7 Å². The van der Waals surface area contributed by atoms with Gasteiger partial charge in [0, 0.05) is 6.42 Å². The lowest BCUT2D eigenvalue weighted by atomic mass is 10.0. The van der Waals surface area contributed by atoms with Crippen LogP contribution in [-0.4, -0.2) is 48.8 Å². The normalized spacial score (nSPS) is 19.2. The second kappa shape index (κ2) is 11.1. The van der Waals surface area contributed by atoms with Crippen LogP contribution in [0.5, 0.6) is 0 Å². The molecule has 0 saturated carbocycles. The number of esters is 4. The monoisotopic (exact) mass is 474 g/mol. The molecule has 3 aromatic carbocycles. The Morgan fingerprint density at radius 1 is 0.686 bits per heavy atom. The Morgan fingerprint density at radius 3 is 1.66 bits per heavy atom. The molecule has 0 aliphatic carbocycles. The van der Waals surface area contributed by atoms with Gasteiger partial charge in [0.25, 0.3) is 0 Å². The summed E-state index contributed by atoms with van der Waals surface area (Å²) in [6.45, 7) is -0.342. The predicted octanol–water partition coefficient (Wildman–Crippen LogP) is 3.61. The van der Waals surface area contributed by atoms with Crippen molar-refractivity contribution < 1.29 is 38.1 Å². The van der Waals surface area contributed by atoms with Crippen LogP contribution in [0.4, 0.5) is 0 Å². The predicted molar refractivity (Wildman–Crippen MR) is 123 cm³/mol. The maximum Gasteiger partial charge on any atom is 0.348 e. The average molecular weight is 474 g/mol. The molecule has 1 heterocycles. The maximum atomic E-state index is 12.7. The molecule has 1 aliphatic heterocycles. The highest BCUT2D eigenvalue weighted by atomic mass is 16.6. The second-order valence-corrected chi connectivity index (χ2v) is 7.75. The molecule has 0 bridgehead atoms. The first-order valence-corrected chi connectivity index (χ1v) is 11.0. The minimum Gasteiger partial charge on any atom is -0.458 e. The van der Waals surface area contributed by atoms with Crippen LogP contribution in [0.2, 0.25) is 0 Å². The lowest BCUT2D eigenvalue weighted by molar-refractivity contribution is -0.184. The molecule has 1 saturated heterocycles. The molecule has 3 atom stereocenters. The van der Waals surface area contributed by atoms with E-state index in [1.165, 1.54) is 0 Å². The fourth-order valence-corrected chi connectivity index (χ4v) is 3.49. The van der Waals surface area contributed by atoms with E-state index in [1.807, 2.05) is 0 Å². The third kappa shape index (κ3) is 6.11. The van der Waals surface area contributed by atoms with Crippen molar-refractivity contribution in [3.63, 3.8) is 0 Å². The van der Waals surface area contributed by atoms with Gasteiger partial charge in [-0.3, -0.25) is 0 Å². The third-order valence-corrected chi connectivity index (χ3v) is 5.31. The Labute approximate surface area is 201 Å². The van der Waals surface area contributed by atoms with Gasteiger partial charge in [-0.15, -0.1) is 0 Å². The zero-order valence-corrected chi connectivity index (χ0v) is 18.6. The molecular weight excluding hydrogens is 452 g/mol. The first-order valence-electron chi connectivity index (χ1n) is 11.0. The van der Waals surface area contributed by atoms with Gasteiger partial charge in [0.2, 0.25) is 6.10 Å². The summed E-state index contributed by atoms with van der Waals surface area (Å²) in [5.41, 5.74) is 0.876. The van der Waals surface area contributed by atoms with Crippen molar-refractivity contribution >= 4 is 23.9 Å². The molecule has 0 amide bonds. The Kier molecular flexibility index (Phi) is 7.52. The van der Waals surface area contributed by atoms with Crippen LogP contribution in [0.25, 0.3) is 0 Å². The molecule has 3 aromatic rings. The van der Waals surface area contributed by atoms with Gasteiger partial charge in [0.1, 0.15) is 12.7 Å². The van der Waals surface area contributed by atoms with Crippen molar-refractivity contribution in [1.82, 2.24) is 0 Å². The highest BCUT2D eigenvalue weighted by Gasteiger charge is 2.43. The van der Waals surface area contributed by atoms with Crippen LogP contribution in [0, 0.1) is 0 Å². The molecule has 8 heteroatoms. The summed E-state index contributed by atoms with van der Waals surface area (Å²) in [6, 6.07) is 24.7. The summed E-state index contributed by atoms with van der Waals surface area (Å²) in [5, 5.41) is 0. The number of rotatable bonds is 7. The molecular formula is C27H22O8. The van der Waals surface area contributed by atoms with E-state index in [0.29, 0.717) is 11.1 Å². The number of hydrogen-bond acceptors (Lipinski definition) is 8. The van der Waals surface area contributed by atoms with E-state index < -0.39 is 42.2 Å². The molecule has 0 unspecified atom stereocenters. The number of ether oxygens (including phenoxy) is 4. The van der Waals surface area contributed by atoms with Crippen molar-refractivity contribution in [2.24, 2.45) is 0 Å². The Morgan fingerprint density at radius 2 is 1.14 bits per heavy atom. The number of carbonyl (C=O) groups excluding carboxylic acids is 4. The van der Waals surface area contributed by atoms with Gasteiger partial charge in [-0.25, -0.2) is 19.2 Å². The zero-order valence-electron chi connectivity index (χ0n) is 18.6. The van der Waals surface area contributed by atoms with Crippen molar-refractivity contribution in [2.75, 3.05) is 6.61 Å². The first-order chi connectivity index (χ1) is 17.0. The molecule has 0 radical (unpaired) electrons. The minimum absolute atomic E-state index is 0.149. The lowest BCUT2D eigenvalue weighted by Crippen LogP contribution is -2.50. The standard InChI is InChI=1S/C27H22O8/c28-24(18-10-4-1-5-11-18)32-17-23-21(33-25(29)19-12-6-2-7-13-19)16-22(27(31)35-23)34-26(30)20-14-8-3-9-15-20/h1-15,21-23H,16-17H2/t21-,22-,23+/m0/s1. The number of cyclic esters (lactones) is 1. The van der Waals surface area contributed by atoms with Crippen molar-refractivity contribution in [3.05, 3.63) is 108 Å². The smallest absolute Gasteiger partial charge is 0.348 e. The highest BCUT2D eigenvalue weighted by Crippen LogP contribution is 2.24. The molecule has 4 rings (SSSR count). The van der Waals surface area contributed by atoms with E-state index in [4.69, 9.17) is 18.9 Å². The second-order valence-electron chi connectivity index (χ2n) is 7.75. The Balaban J connectivity index is 1.47. The molecule has 0 aromatic heterocycles. The van der Waals surface area contributed by atoms with Crippen molar-refractivity contribution in [3.8, 4) is 0 Å². The van der Waals surface area contributed by atoms with Gasteiger partial charge < -0.3 is 18.9 Å². The Bertz CT molecular complexity index is 1180. The van der Waals surface area contributed by atoms with Crippen molar-refractivity contribution in [2.45, 2.75) is 24.7 Å². The third-order valence-electron chi connectivity index (χ3n) is 5.31. The van der Waals surface area contributed by atoms with Crippen LogP contribution in [0.1, 0.15) is 37.5 Å². The molecule has 1 aliphatic rings. The quantitative estimate of drug-likeness (QED) is 0.378. The summed E-state index contributed by atoms with van der Waals surface area (Å²) < 4.78 is 21.6. The molecule has 8 nitrogen and oxygen atoms in total. The van der Waals surface area contributed by atoms with E-state index in [0.717, 1.165) is 0 Å². The topological polar surface area (TPSA) is 105 Å². The van der Waals surface area contributed by atoms with E-state index in [1.54, 1.807) is 91.0 Å². The summed E-state index contributed by atoms with van der Waals surface area (Å²) in [6.07, 6.45) is -3.53. The van der Waals surface area contributed by atoms with Crippen LogP contribution < -0.4 is 0 Å². The number of hydrogen-bond donors (Lipinski definition) is 0. The van der Waals surface area contributed by atoms with Gasteiger partial charge in [-0.05, 0) is 36.4 Å². The zero-order chi connectivity index (χ0) is 24.6. The minimum atomic E-state index is -1.29. The van der Waals surface area contributed by atoms with E-state index in [9.17, 15) is 19.2 Å². The number of carbonyl (C=O) groups is 4. The van der Waals surface area contributed by atoms with Gasteiger partial charge in [0.15, 0.2) is 6.10 Å². The molecule has 35 heavy (non-hydrogen) atoms. The summed E-state index contributed by atoms with van der Waals surface area (Å²) in [4.78, 5) is 50.1. The van der Waals surface area contributed by atoms with Gasteiger partial charge in [-0.1, -0.05) is 54.6 Å². The van der Waals surface area contributed by atoms with Gasteiger partial charge in [-0.2, -0.15) is 0 Å². The highest BCUT2D eigenvalue weighted by molar-refractivity contribution is 5.92. The van der Waals surface area contributed by atoms with Gasteiger partial charge >= 0.3 is 23.9 Å². The van der Waals surface area contributed by atoms with Crippen LogP contribution >= 0.6 is 0 Å². The summed E-state index contributed by atoms with van der Waals surface area (Å²) in [7, 11) is 0.